The molecule has 1 aromatic heterocycles. The molecule has 0 saturated heterocycles. The molecule has 0 aliphatic carbocycles. The van der Waals surface area contributed by atoms with E-state index in [4.69, 9.17) is 18.7 Å². The zero-order valence-corrected chi connectivity index (χ0v) is 13.8. The second-order valence-electron chi connectivity index (χ2n) is 5.18. The average molecular weight is 326 g/mol. The summed E-state index contributed by atoms with van der Waals surface area (Å²) in [5.74, 6) is 2.98. The van der Waals surface area contributed by atoms with Crippen LogP contribution >= 0.6 is 0 Å². The Labute approximate surface area is 140 Å². The summed E-state index contributed by atoms with van der Waals surface area (Å²) in [5.41, 5.74) is 1.94. The largest absolute Gasteiger partial charge is 0.497 e. The Morgan fingerprint density at radius 3 is 2.46 bits per heavy atom. The third kappa shape index (κ3) is 3.48. The van der Waals surface area contributed by atoms with Crippen LogP contribution in [0.5, 0.6) is 17.2 Å². The lowest BCUT2D eigenvalue weighted by Crippen LogP contribution is -1.98. The van der Waals surface area contributed by atoms with Gasteiger partial charge in [-0.2, -0.15) is 4.98 Å². The summed E-state index contributed by atoms with van der Waals surface area (Å²) in [6.07, 6.45) is 0. The van der Waals surface area contributed by atoms with E-state index in [2.05, 4.69) is 10.1 Å². The van der Waals surface area contributed by atoms with Gasteiger partial charge in [-0.1, -0.05) is 11.2 Å². The van der Waals surface area contributed by atoms with Crippen LogP contribution in [0, 0.1) is 6.92 Å². The Kier molecular flexibility index (Phi) is 4.65. The summed E-state index contributed by atoms with van der Waals surface area (Å²) in [5, 5.41) is 3.97. The van der Waals surface area contributed by atoms with Gasteiger partial charge in [0, 0.05) is 5.56 Å². The van der Waals surface area contributed by atoms with Crippen LogP contribution in [0.15, 0.2) is 47.0 Å². The molecule has 0 fully saturated rings. The number of aromatic nitrogens is 2. The predicted molar refractivity (Wildman–Crippen MR) is 88.3 cm³/mol. The van der Waals surface area contributed by atoms with Gasteiger partial charge < -0.3 is 18.7 Å². The molecule has 24 heavy (non-hydrogen) atoms. The third-order valence-electron chi connectivity index (χ3n) is 3.49. The highest BCUT2D eigenvalue weighted by Gasteiger charge is 2.11. The van der Waals surface area contributed by atoms with Crippen molar-refractivity contribution in [2.24, 2.45) is 0 Å². The monoisotopic (exact) mass is 326 g/mol. The molecule has 124 valence electrons. The molecule has 0 spiro atoms. The summed E-state index contributed by atoms with van der Waals surface area (Å²) in [4.78, 5) is 4.34. The number of nitrogens with zero attached hydrogens (tertiary/aromatic N) is 2. The number of hydrogen-bond donors (Lipinski definition) is 0. The van der Waals surface area contributed by atoms with Crippen molar-refractivity contribution in [1.82, 2.24) is 10.1 Å². The van der Waals surface area contributed by atoms with Crippen LogP contribution in [0.3, 0.4) is 0 Å². The zero-order valence-electron chi connectivity index (χ0n) is 13.8. The van der Waals surface area contributed by atoms with Crippen molar-refractivity contribution >= 4 is 0 Å². The topological polar surface area (TPSA) is 66.6 Å². The standard InChI is InChI=1S/C18H18N2O4/c1-12-4-9-15(16(10-12)22-3)23-11-17-19-18(20-24-17)13-5-7-14(21-2)8-6-13/h4-10H,11H2,1-3H3. The first kappa shape index (κ1) is 15.9. The second kappa shape index (κ2) is 7.04. The van der Waals surface area contributed by atoms with Crippen LogP contribution in [0.25, 0.3) is 11.4 Å². The van der Waals surface area contributed by atoms with Crippen molar-refractivity contribution in [3.63, 3.8) is 0 Å². The maximum Gasteiger partial charge on any atom is 0.264 e. The van der Waals surface area contributed by atoms with Gasteiger partial charge in [0.05, 0.1) is 14.2 Å². The van der Waals surface area contributed by atoms with E-state index in [1.54, 1.807) is 14.2 Å². The number of aryl methyl sites for hydroxylation is 1. The number of hydrogen-bond acceptors (Lipinski definition) is 6. The van der Waals surface area contributed by atoms with Crippen molar-refractivity contribution in [3.05, 3.63) is 53.9 Å². The Bertz CT molecular complexity index is 812. The first-order chi connectivity index (χ1) is 11.7. The van der Waals surface area contributed by atoms with Crippen molar-refractivity contribution in [1.29, 1.82) is 0 Å². The van der Waals surface area contributed by atoms with Crippen LogP contribution in [0.1, 0.15) is 11.5 Å². The summed E-state index contributed by atoms with van der Waals surface area (Å²) in [6.45, 7) is 2.16. The normalized spacial score (nSPS) is 10.5. The molecule has 3 rings (SSSR count). The number of benzene rings is 2. The lowest BCUT2D eigenvalue weighted by Gasteiger charge is -2.09. The van der Waals surface area contributed by atoms with Crippen LogP contribution in [0.2, 0.25) is 0 Å². The fraction of sp³-hybridized carbons (Fsp3) is 0.222. The van der Waals surface area contributed by atoms with E-state index in [1.807, 2.05) is 49.4 Å². The maximum atomic E-state index is 5.71. The summed E-state index contributed by atoms with van der Waals surface area (Å²) in [7, 11) is 3.23. The lowest BCUT2D eigenvalue weighted by atomic mass is 10.2. The molecule has 0 amide bonds. The molecule has 0 atom stereocenters. The summed E-state index contributed by atoms with van der Waals surface area (Å²) >= 11 is 0. The van der Waals surface area contributed by atoms with Gasteiger partial charge in [-0.25, -0.2) is 0 Å². The van der Waals surface area contributed by atoms with Crippen LogP contribution < -0.4 is 14.2 Å². The molecule has 0 aliphatic heterocycles. The van der Waals surface area contributed by atoms with E-state index < -0.39 is 0 Å². The quantitative estimate of drug-likeness (QED) is 0.689. The summed E-state index contributed by atoms with van der Waals surface area (Å²) in [6, 6.07) is 13.2. The zero-order chi connectivity index (χ0) is 16.9. The van der Waals surface area contributed by atoms with E-state index >= 15 is 0 Å². The van der Waals surface area contributed by atoms with Crippen LogP contribution in [0.4, 0.5) is 0 Å². The summed E-state index contributed by atoms with van der Waals surface area (Å²) < 4.78 is 21.4. The first-order valence-corrected chi connectivity index (χ1v) is 7.44. The fourth-order valence-corrected chi connectivity index (χ4v) is 2.20. The minimum absolute atomic E-state index is 0.169. The molecular weight excluding hydrogens is 308 g/mol. The van der Waals surface area contributed by atoms with E-state index in [1.165, 1.54) is 0 Å². The predicted octanol–water partition coefficient (Wildman–Crippen LogP) is 3.64. The van der Waals surface area contributed by atoms with Gasteiger partial charge in [0.15, 0.2) is 18.1 Å². The molecule has 3 aromatic rings. The molecule has 1 heterocycles. The van der Waals surface area contributed by atoms with E-state index in [9.17, 15) is 0 Å². The fourth-order valence-electron chi connectivity index (χ4n) is 2.20. The Balaban J connectivity index is 1.70. The molecule has 2 aromatic carbocycles. The molecule has 0 bridgehead atoms. The van der Waals surface area contributed by atoms with Gasteiger partial charge in [0.2, 0.25) is 5.82 Å². The highest BCUT2D eigenvalue weighted by atomic mass is 16.5. The van der Waals surface area contributed by atoms with Crippen molar-refractivity contribution in [2.45, 2.75) is 13.5 Å². The van der Waals surface area contributed by atoms with Crippen molar-refractivity contribution in [3.8, 4) is 28.6 Å². The number of ether oxygens (including phenoxy) is 3. The van der Waals surface area contributed by atoms with Gasteiger partial charge in [0.1, 0.15) is 5.75 Å². The SMILES string of the molecule is COc1ccc(-c2noc(COc3ccc(C)cc3OC)n2)cc1. The smallest absolute Gasteiger partial charge is 0.264 e. The lowest BCUT2D eigenvalue weighted by molar-refractivity contribution is 0.233. The van der Waals surface area contributed by atoms with Crippen LogP contribution in [-0.4, -0.2) is 24.4 Å². The molecule has 0 aliphatic rings. The van der Waals surface area contributed by atoms with Gasteiger partial charge >= 0.3 is 0 Å². The molecule has 0 saturated carbocycles. The van der Waals surface area contributed by atoms with Gasteiger partial charge in [0.25, 0.3) is 5.89 Å². The van der Waals surface area contributed by atoms with E-state index in [-0.39, 0.29) is 6.61 Å². The maximum absolute atomic E-state index is 5.71. The molecular formula is C18H18N2O4. The number of rotatable bonds is 6. The van der Waals surface area contributed by atoms with E-state index in [0.29, 0.717) is 23.2 Å². The third-order valence-corrected chi connectivity index (χ3v) is 3.49. The Morgan fingerprint density at radius 2 is 1.75 bits per heavy atom. The molecule has 0 radical (unpaired) electrons. The average Bonchev–Trinajstić information content (AvgIpc) is 3.09. The Morgan fingerprint density at radius 1 is 0.958 bits per heavy atom. The Hall–Kier alpha value is -3.02. The number of methoxy groups -OCH3 is 2. The van der Waals surface area contributed by atoms with Crippen molar-refractivity contribution < 1.29 is 18.7 Å². The van der Waals surface area contributed by atoms with Gasteiger partial charge in [-0.05, 0) is 48.9 Å². The highest BCUT2D eigenvalue weighted by Crippen LogP contribution is 2.28. The molecule has 0 N–H and O–H groups in total. The second-order valence-corrected chi connectivity index (χ2v) is 5.18. The van der Waals surface area contributed by atoms with Gasteiger partial charge in [-0.3, -0.25) is 0 Å². The highest BCUT2D eigenvalue weighted by molar-refractivity contribution is 5.55. The van der Waals surface area contributed by atoms with Crippen molar-refractivity contribution in [2.75, 3.05) is 14.2 Å². The minimum atomic E-state index is 0.169. The van der Waals surface area contributed by atoms with E-state index in [0.717, 1.165) is 16.9 Å². The molecule has 6 nitrogen and oxygen atoms in total. The van der Waals surface area contributed by atoms with Gasteiger partial charge in [-0.15, -0.1) is 0 Å². The minimum Gasteiger partial charge on any atom is -0.497 e. The molecule has 0 unspecified atom stereocenters. The molecule has 6 heteroatoms. The first-order valence-electron chi connectivity index (χ1n) is 7.44. The van der Waals surface area contributed by atoms with Crippen LogP contribution in [-0.2, 0) is 6.61 Å².